The van der Waals surface area contributed by atoms with Gasteiger partial charge in [-0.3, -0.25) is 0 Å². The summed E-state index contributed by atoms with van der Waals surface area (Å²) in [4.78, 5) is 15.1. The zero-order chi connectivity index (χ0) is 35.9. The number of aromatic nitrogens is 3. The van der Waals surface area contributed by atoms with Crippen LogP contribution in [0.15, 0.2) is 164 Å². The van der Waals surface area contributed by atoms with Gasteiger partial charge in [0.2, 0.25) is 0 Å². The molecule has 0 N–H and O–H groups in total. The molecule has 0 radical (unpaired) electrons. The molecule has 1 spiro atoms. The summed E-state index contributed by atoms with van der Waals surface area (Å²) in [5.74, 6) is 2.06. The highest BCUT2D eigenvalue weighted by Gasteiger charge is 2.43. The summed E-state index contributed by atoms with van der Waals surface area (Å²) in [5.41, 5.74) is 16.2. The summed E-state index contributed by atoms with van der Waals surface area (Å²) < 4.78 is 0. The summed E-state index contributed by atoms with van der Waals surface area (Å²) in [7, 11) is 0. The lowest BCUT2D eigenvalue weighted by atomic mass is 9.68. The molecule has 0 atom stereocenters. The Morgan fingerprint density at radius 1 is 0.407 bits per heavy atom. The lowest BCUT2D eigenvalue weighted by Gasteiger charge is -2.36. The highest BCUT2D eigenvalue weighted by molar-refractivity contribution is 5.96. The van der Waals surface area contributed by atoms with Gasteiger partial charge in [-0.2, -0.15) is 0 Å². The molecule has 6 aromatic carbocycles. The Balaban J connectivity index is 1.12. The van der Waals surface area contributed by atoms with Crippen LogP contribution in [0.3, 0.4) is 0 Å². The van der Waals surface area contributed by atoms with E-state index >= 15 is 0 Å². The van der Waals surface area contributed by atoms with Gasteiger partial charge in [-0.25, -0.2) is 15.0 Å². The molecule has 10 rings (SSSR count). The zero-order valence-electron chi connectivity index (χ0n) is 30.4. The normalized spacial score (nSPS) is 15.4. The summed E-state index contributed by atoms with van der Waals surface area (Å²) in [6.45, 7) is 0. The quantitative estimate of drug-likeness (QED) is 0.174. The van der Waals surface area contributed by atoms with Crippen molar-refractivity contribution in [2.75, 3.05) is 0 Å². The topological polar surface area (TPSA) is 38.7 Å². The smallest absolute Gasteiger partial charge is 0.164 e. The maximum absolute atomic E-state index is 5.08. The largest absolute Gasteiger partial charge is 0.208 e. The average Bonchev–Trinajstić information content (AvgIpc) is 3.52. The van der Waals surface area contributed by atoms with Crippen molar-refractivity contribution in [1.29, 1.82) is 0 Å². The number of fused-ring (bicyclic) bond motifs is 5. The van der Waals surface area contributed by atoms with Crippen LogP contribution < -0.4 is 0 Å². The third-order valence-corrected chi connectivity index (χ3v) is 11.8. The second-order valence-electron chi connectivity index (χ2n) is 14.9. The fraction of sp³-hybridized carbons (Fsp3) is 0.157. The van der Waals surface area contributed by atoms with Crippen LogP contribution >= 0.6 is 0 Å². The van der Waals surface area contributed by atoms with E-state index in [1.54, 1.807) is 0 Å². The molecule has 0 amide bonds. The molecule has 0 bridgehead atoms. The van der Waals surface area contributed by atoms with E-state index in [2.05, 4.69) is 146 Å². The van der Waals surface area contributed by atoms with Crippen LogP contribution in [0.4, 0.5) is 0 Å². The van der Waals surface area contributed by atoms with Crippen molar-refractivity contribution >= 4 is 5.57 Å². The molecular weight excluding hydrogens is 655 g/mol. The average molecular weight is 696 g/mol. The lowest BCUT2D eigenvalue weighted by Crippen LogP contribution is -2.27. The molecule has 1 saturated carbocycles. The lowest BCUT2D eigenvalue weighted by molar-refractivity contribution is 0.353. The summed E-state index contributed by atoms with van der Waals surface area (Å²) in [6, 6.07) is 53.1. The van der Waals surface area contributed by atoms with Crippen molar-refractivity contribution in [2.24, 2.45) is 0 Å². The molecule has 7 aromatic rings. The molecule has 3 heteroatoms. The fourth-order valence-electron chi connectivity index (χ4n) is 9.23. The van der Waals surface area contributed by atoms with Crippen LogP contribution in [0.2, 0.25) is 0 Å². The summed E-state index contributed by atoms with van der Waals surface area (Å²) in [6.07, 6.45) is 15.0. The Morgan fingerprint density at radius 3 is 1.76 bits per heavy atom. The first-order valence-corrected chi connectivity index (χ1v) is 19.5. The number of hydrogen-bond acceptors (Lipinski definition) is 3. The Hall–Kier alpha value is -6.19. The predicted octanol–water partition coefficient (Wildman–Crippen LogP) is 13.2. The zero-order valence-corrected chi connectivity index (χ0v) is 30.4. The Bertz CT molecular complexity index is 2580. The van der Waals surface area contributed by atoms with Crippen molar-refractivity contribution in [1.82, 2.24) is 15.0 Å². The van der Waals surface area contributed by atoms with E-state index in [1.807, 2.05) is 18.2 Å². The first kappa shape index (κ1) is 32.5. The van der Waals surface area contributed by atoms with E-state index in [4.69, 9.17) is 15.0 Å². The minimum Gasteiger partial charge on any atom is -0.208 e. The van der Waals surface area contributed by atoms with E-state index in [0.29, 0.717) is 17.5 Å². The molecule has 1 aromatic heterocycles. The first-order valence-electron chi connectivity index (χ1n) is 19.5. The van der Waals surface area contributed by atoms with Crippen LogP contribution in [0, 0.1) is 0 Å². The van der Waals surface area contributed by atoms with Crippen molar-refractivity contribution in [3.63, 3.8) is 0 Å². The molecule has 54 heavy (non-hydrogen) atoms. The van der Waals surface area contributed by atoms with Crippen LogP contribution in [-0.2, 0) is 5.41 Å². The van der Waals surface area contributed by atoms with Gasteiger partial charge in [0.15, 0.2) is 17.5 Å². The highest BCUT2D eigenvalue weighted by atomic mass is 15.0. The van der Waals surface area contributed by atoms with Gasteiger partial charge in [0.1, 0.15) is 0 Å². The Kier molecular flexibility index (Phi) is 8.21. The molecule has 0 unspecified atom stereocenters. The van der Waals surface area contributed by atoms with Crippen molar-refractivity contribution in [3.05, 3.63) is 181 Å². The van der Waals surface area contributed by atoms with Crippen LogP contribution in [0.5, 0.6) is 0 Å². The SMILES string of the molecule is C1=CC(c2nc(-c3ccccc3)nc(-c3cccc(-c4cccc(-c5ccc6c(c5)-c5ccccc5C65CCCCC5)c4-c4ccccc4)c3)n2)=CCC1. The Labute approximate surface area is 317 Å². The number of benzene rings is 6. The van der Waals surface area contributed by atoms with Gasteiger partial charge in [0, 0.05) is 22.1 Å². The second kappa shape index (κ2) is 13.7. The number of nitrogens with zero attached hydrogens (tertiary/aromatic N) is 3. The summed E-state index contributed by atoms with van der Waals surface area (Å²) >= 11 is 0. The van der Waals surface area contributed by atoms with Crippen LogP contribution in [-0.4, -0.2) is 15.0 Å². The molecule has 3 aliphatic rings. The molecule has 0 aliphatic heterocycles. The minimum absolute atomic E-state index is 0.145. The fourth-order valence-corrected chi connectivity index (χ4v) is 9.23. The molecular formula is C51H41N3. The van der Waals surface area contributed by atoms with E-state index in [-0.39, 0.29) is 5.41 Å². The van der Waals surface area contributed by atoms with Gasteiger partial charge in [0.25, 0.3) is 0 Å². The monoisotopic (exact) mass is 695 g/mol. The third-order valence-electron chi connectivity index (χ3n) is 11.8. The van der Waals surface area contributed by atoms with Gasteiger partial charge in [0.05, 0.1) is 0 Å². The van der Waals surface area contributed by atoms with Crippen molar-refractivity contribution in [2.45, 2.75) is 50.4 Å². The minimum atomic E-state index is 0.145. The standard InChI is InChI=1S/C51H41N3/c1-5-17-35(18-6-1)47-41(26-16-27-42(47)39-29-30-46-44(34-39)43-25-11-12-28-45(43)51(46)31-13-4-14-32-51)38-23-15-24-40(33-38)50-53-48(36-19-7-2-8-20-36)52-49(54-50)37-21-9-3-10-22-37/h1-2,5-9,11-12,15-30,33-34H,3-4,10,13-14,31-32H2. The molecule has 0 saturated heterocycles. The van der Waals surface area contributed by atoms with E-state index in [1.165, 1.54) is 82.2 Å². The molecule has 260 valence electrons. The Morgan fingerprint density at radius 2 is 1.00 bits per heavy atom. The van der Waals surface area contributed by atoms with Crippen molar-refractivity contribution < 1.29 is 0 Å². The van der Waals surface area contributed by atoms with Gasteiger partial charge < -0.3 is 0 Å². The number of allylic oxidation sites excluding steroid dienone is 4. The molecule has 3 aliphatic carbocycles. The molecule has 1 fully saturated rings. The molecule has 1 heterocycles. The van der Waals surface area contributed by atoms with E-state index < -0.39 is 0 Å². The maximum Gasteiger partial charge on any atom is 0.164 e. The molecule has 3 nitrogen and oxygen atoms in total. The van der Waals surface area contributed by atoms with Crippen LogP contribution in [0.1, 0.15) is 61.9 Å². The van der Waals surface area contributed by atoms with Gasteiger partial charge in [-0.15, -0.1) is 0 Å². The third kappa shape index (κ3) is 5.63. The second-order valence-corrected chi connectivity index (χ2v) is 14.9. The van der Waals surface area contributed by atoms with E-state index in [0.717, 1.165) is 35.1 Å². The van der Waals surface area contributed by atoms with Crippen molar-refractivity contribution in [3.8, 4) is 67.3 Å². The van der Waals surface area contributed by atoms with Gasteiger partial charge in [-0.1, -0.05) is 171 Å². The van der Waals surface area contributed by atoms with Crippen LogP contribution in [0.25, 0.3) is 72.9 Å². The first-order chi connectivity index (χ1) is 26.7. The predicted molar refractivity (Wildman–Crippen MR) is 223 cm³/mol. The summed E-state index contributed by atoms with van der Waals surface area (Å²) in [5, 5.41) is 0. The van der Waals surface area contributed by atoms with Gasteiger partial charge >= 0.3 is 0 Å². The van der Waals surface area contributed by atoms with E-state index in [9.17, 15) is 0 Å². The highest BCUT2D eigenvalue weighted by Crippen LogP contribution is 2.56. The number of hydrogen-bond donors (Lipinski definition) is 0. The maximum atomic E-state index is 5.08. The van der Waals surface area contributed by atoms with Gasteiger partial charge in [-0.05, 0) is 93.5 Å². The number of rotatable bonds is 6.